The minimum Gasteiger partial charge on any atom is -0.469 e. The second-order valence-corrected chi connectivity index (χ2v) is 11.0. The van der Waals surface area contributed by atoms with E-state index in [1.807, 2.05) is 44.3 Å². The summed E-state index contributed by atoms with van der Waals surface area (Å²) in [7, 11) is 7.09. The normalized spacial score (nSPS) is 16.3. The van der Waals surface area contributed by atoms with Gasteiger partial charge in [-0.1, -0.05) is 35.9 Å². The number of carbonyl (C=O) groups is 5. The lowest BCUT2D eigenvalue weighted by atomic mass is 9.82. The van der Waals surface area contributed by atoms with Crippen LogP contribution >= 0.6 is 0 Å². The van der Waals surface area contributed by atoms with Gasteiger partial charge in [-0.2, -0.15) is 0 Å². The summed E-state index contributed by atoms with van der Waals surface area (Å²) in [5.41, 5.74) is 3.34. The number of ether oxygens (including phenoxy) is 5. The number of rotatable bonds is 15. The highest BCUT2D eigenvalue weighted by molar-refractivity contribution is 5.91. The summed E-state index contributed by atoms with van der Waals surface area (Å²) < 4.78 is 25.3. The van der Waals surface area contributed by atoms with Crippen LogP contribution in [-0.2, 0) is 68.7 Å². The van der Waals surface area contributed by atoms with E-state index < -0.39 is 29.4 Å². The number of aromatic nitrogens is 1. The standard InChI is InChI=1S/C33H42N2O10/c1-33(25(17-30(39)44-6)22(19-35(33)2)12-14-27(36)41-3)18-26-24(16-29(38)43-5)23(13-15-28(37)42-4)31(34-26)32(40)45-20-21-10-8-7-9-11-21/h7-11,34H,12-20H2,1-6H3. The van der Waals surface area contributed by atoms with Crippen molar-refractivity contribution in [1.29, 1.82) is 0 Å². The molecule has 2 aromatic rings. The highest BCUT2D eigenvalue weighted by Crippen LogP contribution is 2.41. The van der Waals surface area contributed by atoms with Gasteiger partial charge in [0, 0.05) is 37.0 Å². The largest absolute Gasteiger partial charge is 0.469 e. The maximum atomic E-state index is 13.5. The Labute approximate surface area is 263 Å². The van der Waals surface area contributed by atoms with Gasteiger partial charge in [0.15, 0.2) is 0 Å². The van der Waals surface area contributed by atoms with Gasteiger partial charge in [-0.25, -0.2) is 4.79 Å². The second kappa shape index (κ2) is 16.0. The van der Waals surface area contributed by atoms with Crippen molar-refractivity contribution in [3.63, 3.8) is 0 Å². The van der Waals surface area contributed by atoms with E-state index in [1.54, 1.807) is 0 Å². The third kappa shape index (κ3) is 8.81. The van der Waals surface area contributed by atoms with Crippen LogP contribution < -0.4 is 0 Å². The Morgan fingerprint density at radius 1 is 0.800 bits per heavy atom. The molecule has 1 unspecified atom stereocenters. The van der Waals surface area contributed by atoms with Crippen molar-refractivity contribution in [2.75, 3.05) is 42.0 Å². The fourth-order valence-corrected chi connectivity index (χ4v) is 5.66. The molecule has 1 aliphatic rings. The number of nitrogens with zero attached hydrogens (tertiary/aromatic N) is 1. The first kappa shape index (κ1) is 35.0. The second-order valence-electron chi connectivity index (χ2n) is 11.0. The molecular formula is C33H42N2O10. The molecule has 45 heavy (non-hydrogen) atoms. The summed E-state index contributed by atoms with van der Waals surface area (Å²) in [5.74, 6) is -2.47. The minimum absolute atomic E-state index is 0.0118. The Kier molecular flexibility index (Phi) is 12.5. The number of hydrogen-bond acceptors (Lipinski definition) is 11. The predicted molar refractivity (Wildman–Crippen MR) is 162 cm³/mol. The van der Waals surface area contributed by atoms with Crippen LogP contribution in [0.15, 0.2) is 41.5 Å². The maximum absolute atomic E-state index is 13.5. The summed E-state index contributed by atoms with van der Waals surface area (Å²) in [6, 6.07) is 9.20. The topological polar surface area (TPSA) is 151 Å². The Morgan fingerprint density at radius 3 is 1.98 bits per heavy atom. The lowest BCUT2D eigenvalue weighted by Crippen LogP contribution is -2.44. The average molecular weight is 627 g/mol. The lowest BCUT2D eigenvalue weighted by Gasteiger charge is -2.35. The maximum Gasteiger partial charge on any atom is 0.355 e. The first-order chi connectivity index (χ1) is 21.5. The molecule has 0 amide bonds. The van der Waals surface area contributed by atoms with Gasteiger partial charge in [0.1, 0.15) is 12.3 Å². The summed E-state index contributed by atoms with van der Waals surface area (Å²) in [6.07, 6.45) is 0.668. The fraction of sp³-hybridized carbons (Fsp3) is 0.485. The zero-order valence-corrected chi connectivity index (χ0v) is 26.8. The quantitative estimate of drug-likeness (QED) is 0.176. The van der Waals surface area contributed by atoms with Crippen LogP contribution in [0.5, 0.6) is 0 Å². The van der Waals surface area contributed by atoms with E-state index in [2.05, 4.69) is 9.88 Å². The number of methoxy groups -OCH3 is 4. The Morgan fingerprint density at radius 2 is 1.38 bits per heavy atom. The molecule has 2 heterocycles. The summed E-state index contributed by atoms with van der Waals surface area (Å²) in [6.45, 7) is 2.46. The van der Waals surface area contributed by atoms with Gasteiger partial charge in [-0.15, -0.1) is 0 Å². The number of esters is 5. The summed E-state index contributed by atoms with van der Waals surface area (Å²) in [4.78, 5) is 68.2. The highest BCUT2D eigenvalue weighted by atomic mass is 16.5. The van der Waals surface area contributed by atoms with E-state index in [0.717, 1.165) is 16.7 Å². The molecular weight excluding hydrogens is 584 g/mol. The van der Waals surface area contributed by atoms with Gasteiger partial charge in [-0.3, -0.25) is 24.1 Å². The number of aromatic amines is 1. The van der Waals surface area contributed by atoms with Crippen molar-refractivity contribution in [3.05, 3.63) is 69.6 Å². The van der Waals surface area contributed by atoms with Crippen LogP contribution in [0.4, 0.5) is 0 Å². The molecule has 1 aromatic heterocycles. The van der Waals surface area contributed by atoms with Crippen molar-refractivity contribution in [2.45, 2.75) is 64.0 Å². The molecule has 0 radical (unpaired) electrons. The van der Waals surface area contributed by atoms with Gasteiger partial charge in [0.25, 0.3) is 0 Å². The molecule has 0 saturated carbocycles. The minimum atomic E-state index is -0.778. The molecule has 0 bridgehead atoms. The van der Waals surface area contributed by atoms with Crippen LogP contribution in [-0.4, -0.2) is 87.3 Å². The first-order valence-corrected chi connectivity index (χ1v) is 14.6. The Bertz CT molecular complexity index is 1430. The zero-order chi connectivity index (χ0) is 33.1. The summed E-state index contributed by atoms with van der Waals surface area (Å²) in [5, 5.41) is 0. The SMILES string of the molecule is COC(=O)CCC1=C(CC(=O)OC)C(C)(Cc2[nH]c(C(=O)OCc3ccccc3)c(CCC(=O)OC)c2CC(=O)OC)N(C)C1. The van der Waals surface area contributed by atoms with Gasteiger partial charge < -0.3 is 28.7 Å². The third-order valence-corrected chi connectivity index (χ3v) is 8.35. The number of benzene rings is 1. The Hall–Kier alpha value is -4.45. The van der Waals surface area contributed by atoms with E-state index in [4.69, 9.17) is 23.7 Å². The van der Waals surface area contributed by atoms with E-state index in [0.29, 0.717) is 29.8 Å². The molecule has 1 aliphatic heterocycles. The number of H-pyrrole nitrogens is 1. The molecule has 12 heteroatoms. The van der Waals surface area contributed by atoms with Gasteiger partial charge in [0.2, 0.25) is 0 Å². The Balaban J connectivity index is 2.11. The smallest absolute Gasteiger partial charge is 0.355 e. The number of likely N-dealkylation sites (N-methyl/N-ethyl adjacent to an activating group) is 1. The van der Waals surface area contributed by atoms with Crippen molar-refractivity contribution in [3.8, 4) is 0 Å². The molecule has 0 saturated heterocycles. The average Bonchev–Trinajstić information content (AvgIpc) is 3.49. The lowest BCUT2D eigenvalue weighted by molar-refractivity contribution is -0.141. The molecule has 0 fully saturated rings. The monoisotopic (exact) mass is 626 g/mol. The van der Waals surface area contributed by atoms with Gasteiger partial charge >= 0.3 is 29.8 Å². The molecule has 0 aliphatic carbocycles. The van der Waals surface area contributed by atoms with Crippen LogP contribution in [0.1, 0.15) is 65.5 Å². The van der Waals surface area contributed by atoms with Crippen LogP contribution in [0.25, 0.3) is 0 Å². The molecule has 244 valence electrons. The van der Waals surface area contributed by atoms with Crippen molar-refractivity contribution >= 4 is 29.8 Å². The van der Waals surface area contributed by atoms with Crippen molar-refractivity contribution < 1.29 is 47.7 Å². The third-order valence-electron chi connectivity index (χ3n) is 8.35. The van der Waals surface area contributed by atoms with E-state index >= 15 is 0 Å². The van der Waals surface area contributed by atoms with Gasteiger partial charge in [-0.05, 0) is 49.1 Å². The van der Waals surface area contributed by atoms with Crippen LogP contribution in [0.3, 0.4) is 0 Å². The fourth-order valence-electron chi connectivity index (χ4n) is 5.66. The molecule has 1 N–H and O–H groups in total. The van der Waals surface area contributed by atoms with Crippen molar-refractivity contribution in [1.82, 2.24) is 9.88 Å². The molecule has 0 spiro atoms. The number of hydrogen-bond donors (Lipinski definition) is 1. The zero-order valence-electron chi connectivity index (χ0n) is 26.8. The van der Waals surface area contributed by atoms with Gasteiger partial charge in [0.05, 0.1) is 41.3 Å². The molecule has 12 nitrogen and oxygen atoms in total. The van der Waals surface area contributed by atoms with E-state index in [1.165, 1.54) is 28.4 Å². The van der Waals surface area contributed by atoms with E-state index in [-0.39, 0.29) is 56.8 Å². The van der Waals surface area contributed by atoms with Crippen LogP contribution in [0.2, 0.25) is 0 Å². The molecule has 1 aromatic carbocycles. The molecule has 1 atom stereocenters. The highest BCUT2D eigenvalue weighted by Gasteiger charge is 2.43. The summed E-state index contributed by atoms with van der Waals surface area (Å²) >= 11 is 0. The number of carbonyl (C=O) groups excluding carboxylic acids is 5. The van der Waals surface area contributed by atoms with E-state index in [9.17, 15) is 24.0 Å². The predicted octanol–water partition coefficient (Wildman–Crippen LogP) is 3.25. The first-order valence-electron chi connectivity index (χ1n) is 14.6. The molecule has 3 rings (SSSR count). The number of nitrogens with one attached hydrogen (secondary N) is 1. The van der Waals surface area contributed by atoms with Crippen LogP contribution in [0, 0.1) is 0 Å². The van der Waals surface area contributed by atoms with Crippen molar-refractivity contribution in [2.24, 2.45) is 0 Å².